The Hall–Kier alpha value is -1.96. The van der Waals surface area contributed by atoms with Crippen molar-refractivity contribution in [1.82, 2.24) is 0 Å². The molecule has 2 nitrogen and oxygen atoms in total. The second kappa shape index (κ2) is 3.81. The minimum absolute atomic E-state index is 0.243. The van der Waals surface area contributed by atoms with E-state index in [1.807, 2.05) is 30.3 Å². The van der Waals surface area contributed by atoms with Crippen molar-refractivity contribution in [3.8, 4) is 0 Å². The second-order valence-electron chi connectivity index (χ2n) is 4.47. The zero-order valence-electron chi connectivity index (χ0n) is 9.40. The molecule has 0 amide bonds. The number of rotatable bonds is 1. The number of Topliss-reactive ketones (excluding diaryl/α,β-unsaturated/α-hetero) is 1. The fraction of sp³-hybridized carbons (Fsp3) is 0.200. The molecule has 2 aromatic rings. The third-order valence-electron chi connectivity index (χ3n) is 3.42. The highest BCUT2D eigenvalue weighted by Crippen LogP contribution is 2.29. The lowest BCUT2D eigenvalue weighted by Crippen LogP contribution is -2.10. The van der Waals surface area contributed by atoms with E-state index in [4.69, 9.17) is 0 Å². The third kappa shape index (κ3) is 1.57. The average molecular weight is 224 g/mol. The second-order valence-corrected chi connectivity index (χ2v) is 4.47. The van der Waals surface area contributed by atoms with Crippen LogP contribution in [0.5, 0.6) is 0 Å². The summed E-state index contributed by atoms with van der Waals surface area (Å²) in [6, 6.07) is 9.48. The van der Waals surface area contributed by atoms with Gasteiger partial charge in [-0.05, 0) is 35.2 Å². The van der Waals surface area contributed by atoms with Gasteiger partial charge < -0.3 is 0 Å². The van der Waals surface area contributed by atoms with Crippen molar-refractivity contribution in [1.29, 1.82) is 0 Å². The highest BCUT2D eigenvalue weighted by atomic mass is 16.1. The maximum absolute atomic E-state index is 11.8. The molecular weight excluding hydrogens is 212 g/mol. The molecule has 17 heavy (non-hydrogen) atoms. The summed E-state index contributed by atoms with van der Waals surface area (Å²) in [7, 11) is 0. The monoisotopic (exact) mass is 224 g/mol. The number of aldehydes is 1. The van der Waals surface area contributed by atoms with Crippen molar-refractivity contribution in [2.75, 3.05) is 0 Å². The smallest absolute Gasteiger partial charge is 0.163 e. The van der Waals surface area contributed by atoms with Gasteiger partial charge in [0.2, 0.25) is 0 Å². The fourth-order valence-corrected chi connectivity index (χ4v) is 2.58. The summed E-state index contributed by atoms with van der Waals surface area (Å²) >= 11 is 0. The Kier molecular flexibility index (Phi) is 2.29. The van der Waals surface area contributed by atoms with Gasteiger partial charge in [0.05, 0.1) is 0 Å². The van der Waals surface area contributed by atoms with Crippen LogP contribution in [0.15, 0.2) is 30.3 Å². The first kappa shape index (κ1) is 10.2. The Balaban J connectivity index is 2.31. The molecule has 0 saturated heterocycles. The van der Waals surface area contributed by atoms with E-state index < -0.39 is 0 Å². The number of benzene rings is 2. The van der Waals surface area contributed by atoms with Gasteiger partial charge in [-0.3, -0.25) is 9.59 Å². The Bertz CT molecular complexity index is 626. The molecule has 0 heterocycles. The molecule has 0 fully saturated rings. The van der Waals surface area contributed by atoms with Crippen molar-refractivity contribution < 1.29 is 9.59 Å². The molecular formula is C15H12O2. The van der Waals surface area contributed by atoms with Crippen LogP contribution >= 0.6 is 0 Å². The van der Waals surface area contributed by atoms with Crippen LogP contribution in [0.2, 0.25) is 0 Å². The molecule has 0 bridgehead atoms. The molecule has 0 aromatic heterocycles. The van der Waals surface area contributed by atoms with Crippen LogP contribution in [-0.4, -0.2) is 12.1 Å². The Morgan fingerprint density at radius 1 is 1.06 bits per heavy atom. The molecule has 0 radical (unpaired) electrons. The molecule has 1 aliphatic carbocycles. The molecule has 0 saturated carbocycles. The van der Waals surface area contributed by atoms with Crippen molar-refractivity contribution >= 4 is 22.8 Å². The Morgan fingerprint density at radius 2 is 1.94 bits per heavy atom. The predicted octanol–water partition coefficient (Wildman–Crippen LogP) is 3.17. The predicted molar refractivity (Wildman–Crippen MR) is 66.6 cm³/mol. The molecule has 1 aliphatic rings. The summed E-state index contributed by atoms with van der Waals surface area (Å²) in [6.07, 6.45) is 3.40. The van der Waals surface area contributed by atoms with Crippen LogP contribution in [0.25, 0.3) is 10.8 Å². The highest BCUT2D eigenvalue weighted by Gasteiger charge is 2.18. The van der Waals surface area contributed by atoms with E-state index in [-0.39, 0.29) is 5.78 Å². The van der Waals surface area contributed by atoms with Gasteiger partial charge in [-0.15, -0.1) is 0 Å². The lowest BCUT2D eigenvalue weighted by molar-refractivity contribution is 0.0972. The summed E-state index contributed by atoms with van der Waals surface area (Å²) < 4.78 is 0. The molecule has 2 heteroatoms. The molecule has 0 N–H and O–H groups in total. The largest absolute Gasteiger partial charge is 0.298 e. The lowest BCUT2D eigenvalue weighted by atomic mass is 9.86. The maximum atomic E-state index is 11.8. The third-order valence-corrected chi connectivity index (χ3v) is 3.42. The summed E-state index contributed by atoms with van der Waals surface area (Å²) in [4.78, 5) is 22.5. The first-order valence-corrected chi connectivity index (χ1v) is 5.83. The minimum atomic E-state index is 0.243. The first-order chi connectivity index (χ1) is 8.29. The number of ketones is 1. The highest BCUT2D eigenvalue weighted by molar-refractivity contribution is 6.04. The van der Waals surface area contributed by atoms with Gasteiger partial charge in [0.15, 0.2) is 5.78 Å². The van der Waals surface area contributed by atoms with Gasteiger partial charge in [0, 0.05) is 17.5 Å². The number of hydrogen-bond acceptors (Lipinski definition) is 2. The number of carbonyl (C=O) groups excluding carboxylic acids is 2. The topological polar surface area (TPSA) is 34.1 Å². The summed E-state index contributed by atoms with van der Waals surface area (Å²) in [5, 5.41) is 2.16. The van der Waals surface area contributed by atoms with Crippen LogP contribution in [0.4, 0.5) is 0 Å². The van der Waals surface area contributed by atoms with Crippen LogP contribution in [0.1, 0.15) is 39.1 Å². The summed E-state index contributed by atoms with van der Waals surface area (Å²) in [6.45, 7) is 0. The molecule has 0 spiro atoms. The maximum Gasteiger partial charge on any atom is 0.163 e. The quantitative estimate of drug-likeness (QED) is 0.697. The molecule has 3 rings (SSSR count). The molecule has 84 valence electrons. The molecule has 0 unspecified atom stereocenters. The van der Waals surface area contributed by atoms with E-state index in [0.717, 1.165) is 41.0 Å². The summed E-state index contributed by atoms with van der Waals surface area (Å²) in [5.74, 6) is 0.243. The van der Waals surface area contributed by atoms with Crippen LogP contribution in [-0.2, 0) is 6.42 Å². The van der Waals surface area contributed by atoms with Crippen molar-refractivity contribution in [3.05, 3.63) is 47.0 Å². The van der Waals surface area contributed by atoms with Crippen LogP contribution in [0, 0.1) is 0 Å². The van der Waals surface area contributed by atoms with Crippen molar-refractivity contribution in [2.45, 2.75) is 19.3 Å². The average Bonchev–Trinajstić information content (AvgIpc) is 2.38. The van der Waals surface area contributed by atoms with E-state index in [2.05, 4.69) is 0 Å². The van der Waals surface area contributed by atoms with Gasteiger partial charge in [-0.25, -0.2) is 0 Å². The zero-order chi connectivity index (χ0) is 11.8. The van der Waals surface area contributed by atoms with Gasteiger partial charge >= 0.3 is 0 Å². The Labute approximate surface area is 99.3 Å². The van der Waals surface area contributed by atoms with Gasteiger partial charge in [-0.1, -0.05) is 24.3 Å². The van der Waals surface area contributed by atoms with Crippen LogP contribution in [0.3, 0.4) is 0 Å². The zero-order valence-corrected chi connectivity index (χ0v) is 9.40. The van der Waals surface area contributed by atoms with E-state index in [9.17, 15) is 9.59 Å². The Morgan fingerprint density at radius 3 is 2.76 bits per heavy atom. The molecule has 2 aromatic carbocycles. The SMILES string of the molecule is O=Cc1ccc2c3c(ccc2c1)C(=O)CCC3. The van der Waals surface area contributed by atoms with E-state index in [0.29, 0.717) is 12.0 Å². The van der Waals surface area contributed by atoms with E-state index >= 15 is 0 Å². The number of aryl methyl sites for hydroxylation is 1. The van der Waals surface area contributed by atoms with Crippen molar-refractivity contribution in [3.63, 3.8) is 0 Å². The standard InChI is InChI=1S/C15H12O2/c16-9-10-4-6-12-11(8-10)5-7-14-13(12)2-1-3-15(14)17/h4-9H,1-3H2. The lowest BCUT2D eigenvalue weighted by Gasteiger charge is -2.16. The first-order valence-electron chi connectivity index (χ1n) is 5.83. The number of hydrogen-bond donors (Lipinski definition) is 0. The minimum Gasteiger partial charge on any atom is -0.298 e. The summed E-state index contributed by atoms with van der Waals surface area (Å²) in [5.41, 5.74) is 2.69. The fourth-order valence-electron chi connectivity index (χ4n) is 2.58. The van der Waals surface area contributed by atoms with Gasteiger partial charge in [0.25, 0.3) is 0 Å². The number of carbonyl (C=O) groups is 2. The molecule has 0 atom stereocenters. The van der Waals surface area contributed by atoms with E-state index in [1.165, 1.54) is 0 Å². The number of fused-ring (bicyclic) bond motifs is 3. The van der Waals surface area contributed by atoms with Crippen LogP contribution < -0.4 is 0 Å². The van der Waals surface area contributed by atoms with Crippen molar-refractivity contribution in [2.24, 2.45) is 0 Å². The van der Waals surface area contributed by atoms with E-state index in [1.54, 1.807) is 0 Å². The van der Waals surface area contributed by atoms with Gasteiger partial charge in [-0.2, -0.15) is 0 Å². The molecule has 0 aliphatic heterocycles. The normalized spacial score (nSPS) is 14.7. The van der Waals surface area contributed by atoms with Gasteiger partial charge in [0.1, 0.15) is 6.29 Å².